The first kappa shape index (κ1) is 11.9. The molecular weight excluding hydrogens is 244 g/mol. The van der Waals surface area contributed by atoms with Crippen molar-refractivity contribution >= 4 is 5.97 Å². The molecule has 1 aliphatic rings. The number of carbonyl (C=O) groups is 1. The Hall–Kier alpha value is -2.21. The first-order valence-electron chi connectivity index (χ1n) is 6.14. The van der Waals surface area contributed by atoms with Crippen molar-refractivity contribution in [3.05, 3.63) is 42.2 Å². The molecule has 0 bridgehead atoms. The van der Waals surface area contributed by atoms with Gasteiger partial charge in [-0.3, -0.25) is 9.69 Å². The quantitative estimate of drug-likeness (QED) is 0.877. The number of aromatic nitrogens is 3. The molecule has 2 aromatic rings. The van der Waals surface area contributed by atoms with Gasteiger partial charge in [-0.25, -0.2) is 0 Å². The van der Waals surface area contributed by atoms with Crippen molar-refractivity contribution in [3.63, 3.8) is 0 Å². The number of rotatable bonds is 4. The van der Waals surface area contributed by atoms with E-state index in [1.165, 1.54) is 0 Å². The summed E-state index contributed by atoms with van der Waals surface area (Å²) in [5.41, 5.74) is 1.77. The average Bonchev–Trinajstić information content (AvgIpc) is 2.82. The molecule has 19 heavy (non-hydrogen) atoms. The maximum atomic E-state index is 10.7. The molecule has 1 aliphatic heterocycles. The van der Waals surface area contributed by atoms with Gasteiger partial charge in [-0.15, -0.1) is 0 Å². The van der Waals surface area contributed by atoms with Crippen LogP contribution in [-0.2, 0) is 11.3 Å². The summed E-state index contributed by atoms with van der Waals surface area (Å²) in [5.74, 6) is -0.951. The summed E-state index contributed by atoms with van der Waals surface area (Å²) >= 11 is 0. The highest BCUT2D eigenvalue weighted by molar-refractivity contribution is 5.71. The normalized spacial score (nSPS) is 16.2. The van der Waals surface area contributed by atoms with E-state index in [1.807, 2.05) is 30.3 Å². The lowest BCUT2D eigenvalue weighted by Gasteiger charge is -2.35. The van der Waals surface area contributed by atoms with E-state index in [1.54, 1.807) is 11.0 Å². The third-order valence-corrected chi connectivity index (χ3v) is 3.22. The number of likely N-dealkylation sites (tertiary alicyclic amines) is 1. The van der Waals surface area contributed by atoms with Gasteiger partial charge in [0.15, 0.2) is 0 Å². The Morgan fingerprint density at radius 2 is 2.05 bits per heavy atom. The first-order chi connectivity index (χ1) is 9.22. The Balaban J connectivity index is 1.62. The molecule has 1 aromatic carbocycles. The molecule has 0 amide bonds. The highest BCUT2D eigenvalue weighted by atomic mass is 16.4. The summed E-state index contributed by atoms with van der Waals surface area (Å²) in [4.78, 5) is 14.4. The standard InChI is InChI=1S/C13H14N4O2/c18-13(19)10-7-16(8-10)9-11-6-14-17(15-11)12-4-2-1-3-5-12/h1-6,10H,7-9H2,(H,18,19). The molecule has 0 spiro atoms. The lowest BCUT2D eigenvalue weighted by molar-refractivity contribution is -0.147. The van der Waals surface area contributed by atoms with Crippen LogP contribution in [-0.4, -0.2) is 44.1 Å². The molecule has 1 N–H and O–H groups in total. The third kappa shape index (κ3) is 2.48. The minimum Gasteiger partial charge on any atom is -0.481 e. The second-order valence-electron chi connectivity index (χ2n) is 4.69. The van der Waals surface area contributed by atoms with Gasteiger partial charge >= 0.3 is 5.97 Å². The number of hydrogen-bond acceptors (Lipinski definition) is 4. The molecule has 98 valence electrons. The Kier molecular flexibility index (Phi) is 3.00. The maximum absolute atomic E-state index is 10.7. The zero-order valence-electron chi connectivity index (χ0n) is 10.3. The number of hydrogen-bond donors (Lipinski definition) is 1. The number of carboxylic acids is 1. The fraction of sp³-hybridized carbons (Fsp3) is 0.308. The van der Waals surface area contributed by atoms with Gasteiger partial charge in [0.2, 0.25) is 0 Å². The molecule has 0 unspecified atom stereocenters. The topological polar surface area (TPSA) is 71.2 Å². The molecule has 1 saturated heterocycles. The van der Waals surface area contributed by atoms with Crippen molar-refractivity contribution < 1.29 is 9.90 Å². The molecule has 6 nitrogen and oxygen atoms in total. The second-order valence-corrected chi connectivity index (χ2v) is 4.69. The van der Waals surface area contributed by atoms with Gasteiger partial charge in [-0.1, -0.05) is 18.2 Å². The minimum absolute atomic E-state index is 0.232. The van der Waals surface area contributed by atoms with Crippen LogP contribution in [0.25, 0.3) is 5.69 Å². The van der Waals surface area contributed by atoms with Crippen molar-refractivity contribution in [1.82, 2.24) is 19.9 Å². The molecular formula is C13H14N4O2. The van der Waals surface area contributed by atoms with Gasteiger partial charge < -0.3 is 5.11 Å². The lowest BCUT2D eigenvalue weighted by atomic mass is 10.0. The monoisotopic (exact) mass is 258 g/mol. The van der Waals surface area contributed by atoms with Crippen LogP contribution in [0.4, 0.5) is 0 Å². The van der Waals surface area contributed by atoms with Crippen LogP contribution < -0.4 is 0 Å². The Morgan fingerprint density at radius 3 is 2.74 bits per heavy atom. The molecule has 6 heteroatoms. The van der Waals surface area contributed by atoms with E-state index in [2.05, 4.69) is 15.1 Å². The Morgan fingerprint density at radius 1 is 1.32 bits per heavy atom. The van der Waals surface area contributed by atoms with Gasteiger partial charge in [0.05, 0.1) is 23.5 Å². The summed E-state index contributed by atoms with van der Waals surface area (Å²) in [6, 6.07) is 9.69. The van der Waals surface area contributed by atoms with Gasteiger partial charge in [0, 0.05) is 19.6 Å². The fourth-order valence-electron chi connectivity index (χ4n) is 2.14. The van der Waals surface area contributed by atoms with E-state index < -0.39 is 5.97 Å². The largest absolute Gasteiger partial charge is 0.481 e. The molecule has 2 heterocycles. The Labute approximate surface area is 110 Å². The predicted octanol–water partition coefficient (Wildman–Crippen LogP) is 0.784. The maximum Gasteiger partial charge on any atom is 0.309 e. The highest BCUT2D eigenvalue weighted by Gasteiger charge is 2.32. The zero-order valence-corrected chi connectivity index (χ0v) is 10.3. The van der Waals surface area contributed by atoms with Crippen molar-refractivity contribution in [1.29, 1.82) is 0 Å². The SMILES string of the molecule is O=C(O)C1CN(Cc2cnn(-c3ccccc3)n2)C1. The van der Waals surface area contributed by atoms with Gasteiger partial charge in [0.1, 0.15) is 0 Å². The van der Waals surface area contributed by atoms with E-state index in [-0.39, 0.29) is 5.92 Å². The molecule has 0 atom stereocenters. The lowest BCUT2D eigenvalue weighted by Crippen LogP contribution is -2.49. The summed E-state index contributed by atoms with van der Waals surface area (Å²) < 4.78 is 0. The first-order valence-corrected chi connectivity index (χ1v) is 6.14. The Bertz CT molecular complexity index is 575. The molecule has 1 aromatic heterocycles. The molecule has 1 fully saturated rings. The van der Waals surface area contributed by atoms with Crippen LogP contribution in [0.1, 0.15) is 5.69 Å². The smallest absolute Gasteiger partial charge is 0.309 e. The predicted molar refractivity (Wildman–Crippen MR) is 67.8 cm³/mol. The van der Waals surface area contributed by atoms with E-state index in [9.17, 15) is 4.79 Å². The van der Waals surface area contributed by atoms with E-state index in [0.717, 1.165) is 11.4 Å². The van der Waals surface area contributed by atoms with E-state index in [0.29, 0.717) is 19.6 Å². The van der Waals surface area contributed by atoms with Crippen LogP contribution in [0.5, 0.6) is 0 Å². The summed E-state index contributed by atoms with van der Waals surface area (Å²) in [6.45, 7) is 1.83. The minimum atomic E-state index is -0.718. The van der Waals surface area contributed by atoms with E-state index in [4.69, 9.17) is 5.11 Å². The van der Waals surface area contributed by atoms with Crippen molar-refractivity contribution in [2.75, 3.05) is 13.1 Å². The summed E-state index contributed by atoms with van der Waals surface area (Å²) in [7, 11) is 0. The average molecular weight is 258 g/mol. The van der Waals surface area contributed by atoms with Crippen LogP contribution in [0, 0.1) is 5.92 Å². The number of para-hydroxylation sites is 1. The molecule has 0 saturated carbocycles. The fourth-order valence-corrected chi connectivity index (χ4v) is 2.14. The van der Waals surface area contributed by atoms with Crippen molar-refractivity contribution in [2.24, 2.45) is 5.92 Å². The highest BCUT2D eigenvalue weighted by Crippen LogP contribution is 2.17. The number of benzene rings is 1. The van der Waals surface area contributed by atoms with Gasteiger partial charge in [-0.05, 0) is 12.1 Å². The van der Waals surface area contributed by atoms with Crippen LogP contribution >= 0.6 is 0 Å². The summed E-state index contributed by atoms with van der Waals surface area (Å²) in [5, 5.41) is 17.4. The van der Waals surface area contributed by atoms with Crippen LogP contribution in [0.15, 0.2) is 36.5 Å². The van der Waals surface area contributed by atoms with Crippen molar-refractivity contribution in [3.8, 4) is 5.69 Å². The third-order valence-electron chi connectivity index (χ3n) is 3.22. The van der Waals surface area contributed by atoms with Crippen LogP contribution in [0.2, 0.25) is 0 Å². The molecule has 3 rings (SSSR count). The van der Waals surface area contributed by atoms with Crippen LogP contribution in [0.3, 0.4) is 0 Å². The van der Waals surface area contributed by atoms with E-state index >= 15 is 0 Å². The zero-order chi connectivity index (χ0) is 13.2. The van der Waals surface area contributed by atoms with Crippen molar-refractivity contribution in [2.45, 2.75) is 6.54 Å². The molecule has 0 radical (unpaired) electrons. The number of aliphatic carboxylic acids is 1. The number of nitrogens with zero attached hydrogens (tertiary/aromatic N) is 4. The van der Waals surface area contributed by atoms with Gasteiger partial charge in [-0.2, -0.15) is 15.0 Å². The molecule has 0 aliphatic carbocycles. The summed E-state index contributed by atoms with van der Waals surface area (Å²) in [6.07, 6.45) is 1.72. The van der Waals surface area contributed by atoms with Gasteiger partial charge in [0.25, 0.3) is 0 Å². The second kappa shape index (κ2) is 4.81. The number of carboxylic acid groups (broad SMARTS) is 1.